The average Bonchev–Trinajstić information content (AvgIpc) is 2.51. The third-order valence-electron chi connectivity index (χ3n) is 2.35. The van der Waals surface area contributed by atoms with Crippen molar-refractivity contribution in [1.82, 2.24) is 9.78 Å². The Labute approximate surface area is 95.0 Å². The normalized spacial score (nSPS) is 12.7. The molecule has 1 N–H and O–H groups in total. The second-order valence-electron chi connectivity index (χ2n) is 3.72. The van der Waals surface area contributed by atoms with Gasteiger partial charge in [0.2, 0.25) is 0 Å². The molecule has 0 spiro atoms. The Hall–Kier alpha value is -1.36. The maximum absolute atomic E-state index is 10.8. The predicted molar refractivity (Wildman–Crippen MR) is 59.4 cm³/mol. The number of carboxylic acid groups (broad SMARTS) is 1. The minimum Gasteiger partial charge on any atom is -0.479 e. The van der Waals surface area contributed by atoms with Gasteiger partial charge in [-0.3, -0.25) is 4.68 Å². The van der Waals surface area contributed by atoms with Crippen molar-refractivity contribution in [2.45, 2.75) is 39.8 Å². The number of aliphatic carboxylic acids is 1. The molecule has 0 amide bonds. The van der Waals surface area contributed by atoms with Crippen molar-refractivity contribution in [2.75, 3.05) is 6.61 Å². The molecule has 0 fully saturated rings. The van der Waals surface area contributed by atoms with Crippen LogP contribution in [0.1, 0.15) is 24.7 Å². The zero-order valence-electron chi connectivity index (χ0n) is 9.93. The molecule has 5 nitrogen and oxygen atoms in total. The van der Waals surface area contributed by atoms with Crippen molar-refractivity contribution in [2.24, 2.45) is 0 Å². The van der Waals surface area contributed by atoms with E-state index in [-0.39, 0.29) is 0 Å². The number of hydrogen-bond donors (Lipinski definition) is 1. The summed E-state index contributed by atoms with van der Waals surface area (Å²) in [5.74, 6) is -0.914. The summed E-state index contributed by atoms with van der Waals surface area (Å²) in [6.45, 7) is 6.64. The number of carbonyl (C=O) groups is 1. The highest BCUT2D eigenvalue weighted by Gasteiger charge is 2.17. The van der Waals surface area contributed by atoms with E-state index in [1.165, 1.54) is 0 Å². The fraction of sp³-hybridized carbons (Fsp3) is 0.636. The monoisotopic (exact) mass is 226 g/mol. The van der Waals surface area contributed by atoms with Crippen molar-refractivity contribution < 1.29 is 14.6 Å². The van der Waals surface area contributed by atoms with E-state index < -0.39 is 12.1 Å². The van der Waals surface area contributed by atoms with E-state index in [4.69, 9.17) is 9.84 Å². The van der Waals surface area contributed by atoms with Crippen molar-refractivity contribution in [3.63, 3.8) is 0 Å². The lowest BCUT2D eigenvalue weighted by Gasteiger charge is -2.12. The second-order valence-corrected chi connectivity index (χ2v) is 3.72. The van der Waals surface area contributed by atoms with Gasteiger partial charge in [-0.1, -0.05) is 0 Å². The molecule has 1 rings (SSSR count). The maximum atomic E-state index is 10.8. The third-order valence-corrected chi connectivity index (χ3v) is 2.35. The van der Waals surface area contributed by atoms with E-state index in [2.05, 4.69) is 5.10 Å². The fourth-order valence-corrected chi connectivity index (χ4v) is 1.62. The number of aryl methyl sites for hydroxylation is 3. The maximum Gasteiger partial charge on any atom is 0.332 e. The van der Waals surface area contributed by atoms with Gasteiger partial charge in [0.05, 0.1) is 5.69 Å². The molecule has 90 valence electrons. The highest BCUT2D eigenvalue weighted by molar-refractivity contribution is 5.72. The summed E-state index contributed by atoms with van der Waals surface area (Å²) in [6, 6.07) is 1.97. The Morgan fingerprint density at radius 1 is 1.62 bits per heavy atom. The molecule has 0 saturated heterocycles. The van der Waals surface area contributed by atoms with Crippen LogP contribution in [0.5, 0.6) is 0 Å². The van der Waals surface area contributed by atoms with Crippen LogP contribution < -0.4 is 0 Å². The first kappa shape index (κ1) is 12.7. The summed E-state index contributed by atoms with van der Waals surface area (Å²) in [4.78, 5) is 10.8. The minimum atomic E-state index is -0.914. The number of carboxylic acids is 1. The van der Waals surface area contributed by atoms with Crippen molar-refractivity contribution in [3.8, 4) is 0 Å². The van der Waals surface area contributed by atoms with Crippen LogP contribution in [0.15, 0.2) is 6.07 Å². The van der Waals surface area contributed by atoms with Crippen molar-refractivity contribution in [3.05, 3.63) is 17.5 Å². The van der Waals surface area contributed by atoms with Gasteiger partial charge in [0.15, 0.2) is 6.10 Å². The molecule has 0 aliphatic carbocycles. The number of nitrogens with zero attached hydrogens (tertiary/aromatic N) is 2. The Morgan fingerprint density at radius 2 is 2.31 bits per heavy atom. The summed E-state index contributed by atoms with van der Waals surface area (Å²) < 4.78 is 6.94. The van der Waals surface area contributed by atoms with Crippen LogP contribution in [0.4, 0.5) is 0 Å². The minimum absolute atomic E-state index is 0.411. The molecule has 1 aromatic heterocycles. The predicted octanol–water partition coefficient (Wildman–Crippen LogP) is 1.38. The summed E-state index contributed by atoms with van der Waals surface area (Å²) in [5.41, 5.74) is 1.99. The highest BCUT2D eigenvalue weighted by atomic mass is 16.5. The average molecular weight is 226 g/mol. The molecule has 0 aliphatic rings. The lowest BCUT2D eigenvalue weighted by Crippen LogP contribution is -2.25. The Kier molecular flexibility index (Phi) is 4.49. The van der Waals surface area contributed by atoms with Gasteiger partial charge in [0, 0.05) is 25.3 Å². The molecule has 1 heterocycles. The Bertz CT molecular complexity index is 360. The zero-order valence-corrected chi connectivity index (χ0v) is 9.93. The largest absolute Gasteiger partial charge is 0.479 e. The second kappa shape index (κ2) is 5.65. The van der Waals surface area contributed by atoms with Crippen LogP contribution in [-0.4, -0.2) is 33.6 Å². The summed E-state index contributed by atoms with van der Waals surface area (Å²) >= 11 is 0. The first-order chi connectivity index (χ1) is 7.54. The summed E-state index contributed by atoms with van der Waals surface area (Å²) in [6.07, 6.45) is -0.306. The van der Waals surface area contributed by atoms with Gasteiger partial charge in [0.25, 0.3) is 0 Å². The van der Waals surface area contributed by atoms with E-state index in [0.29, 0.717) is 19.6 Å². The molecule has 1 unspecified atom stereocenters. The third kappa shape index (κ3) is 3.34. The molecule has 0 aromatic carbocycles. The van der Waals surface area contributed by atoms with E-state index in [0.717, 1.165) is 11.4 Å². The summed E-state index contributed by atoms with van der Waals surface area (Å²) in [5, 5.41) is 13.2. The summed E-state index contributed by atoms with van der Waals surface area (Å²) in [7, 11) is 0. The number of rotatable bonds is 6. The first-order valence-corrected chi connectivity index (χ1v) is 5.40. The lowest BCUT2D eigenvalue weighted by atomic mass is 10.2. The SMILES string of the molecule is CCOC(CCn1nc(C)cc1C)C(=O)O. The van der Waals surface area contributed by atoms with Crippen molar-refractivity contribution in [1.29, 1.82) is 0 Å². The zero-order chi connectivity index (χ0) is 12.1. The van der Waals surface area contributed by atoms with E-state index in [1.54, 1.807) is 6.92 Å². The Morgan fingerprint density at radius 3 is 2.75 bits per heavy atom. The standard InChI is InChI=1S/C11H18N2O3/c1-4-16-10(11(14)15)5-6-13-9(3)7-8(2)12-13/h7,10H,4-6H2,1-3H3,(H,14,15). The highest BCUT2D eigenvalue weighted by Crippen LogP contribution is 2.06. The smallest absolute Gasteiger partial charge is 0.332 e. The van der Waals surface area contributed by atoms with Gasteiger partial charge < -0.3 is 9.84 Å². The van der Waals surface area contributed by atoms with Crippen LogP contribution in [0.2, 0.25) is 0 Å². The molecular formula is C11H18N2O3. The van der Waals surface area contributed by atoms with Crippen LogP contribution in [-0.2, 0) is 16.1 Å². The number of ether oxygens (including phenoxy) is 1. The molecule has 16 heavy (non-hydrogen) atoms. The van der Waals surface area contributed by atoms with Gasteiger partial charge in [-0.05, 0) is 26.8 Å². The fourth-order valence-electron chi connectivity index (χ4n) is 1.62. The number of aromatic nitrogens is 2. The van der Waals surface area contributed by atoms with E-state index in [9.17, 15) is 4.79 Å². The molecule has 1 aromatic rings. The van der Waals surface area contributed by atoms with Crippen LogP contribution in [0.25, 0.3) is 0 Å². The molecular weight excluding hydrogens is 208 g/mol. The molecule has 0 radical (unpaired) electrons. The molecule has 0 aliphatic heterocycles. The quantitative estimate of drug-likeness (QED) is 0.796. The topological polar surface area (TPSA) is 64.4 Å². The van der Waals surface area contributed by atoms with Gasteiger partial charge in [-0.15, -0.1) is 0 Å². The van der Waals surface area contributed by atoms with Gasteiger partial charge in [-0.2, -0.15) is 5.10 Å². The van der Waals surface area contributed by atoms with Crippen LogP contribution >= 0.6 is 0 Å². The van der Waals surface area contributed by atoms with Crippen LogP contribution in [0, 0.1) is 13.8 Å². The van der Waals surface area contributed by atoms with Gasteiger partial charge in [0.1, 0.15) is 0 Å². The van der Waals surface area contributed by atoms with E-state index in [1.807, 2.05) is 24.6 Å². The van der Waals surface area contributed by atoms with Gasteiger partial charge in [-0.25, -0.2) is 4.79 Å². The van der Waals surface area contributed by atoms with E-state index >= 15 is 0 Å². The van der Waals surface area contributed by atoms with Crippen LogP contribution in [0.3, 0.4) is 0 Å². The molecule has 0 saturated carbocycles. The molecule has 1 atom stereocenters. The Balaban J connectivity index is 2.55. The first-order valence-electron chi connectivity index (χ1n) is 5.40. The van der Waals surface area contributed by atoms with Crippen molar-refractivity contribution >= 4 is 5.97 Å². The molecule has 5 heteroatoms. The number of hydrogen-bond acceptors (Lipinski definition) is 3. The molecule has 0 bridgehead atoms. The van der Waals surface area contributed by atoms with Gasteiger partial charge >= 0.3 is 5.97 Å². The lowest BCUT2D eigenvalue weighted by molar-refractivity contribution is -0.150.